The second-order valence-corrected chi connectivity index (χ2v) is 6.38. The van der Waals surface area contributed by atoms with Crippen LogP contribution in [0.25, 0.3) is 11.6 Å². The lowest BCUT2D eigenvalue weighted by atomic mass is 9.90. The summed E-state index contributed by atoms with van der Waals surface area (Å²) in [7, 11) is 0. The first-order valence-electron chi connectivity index (χ1n) is 8.83. The number of rotatable bonds is 6. The number of hydrogen-bond donors (Lipinski definition) is 3. The number of nitrogens with zero attached hydrogens (tertiary/aromatic N) is 2. The van der Waals surface area contributed by atoms with Gasteiger partial charge in [-0.15, -0.1) is 0 Å². The zero-order chi connectivity index (χ0) is 16.9. The highest BCUT2D eigenvalue weighted by molar-refractivity contribution is 5.71. The van der Waals surface area contributed by atoms with Crippen LogP contribution in [-0.2, 0) is 0 Å². The van der Waals surface area contributed by atoms with Gasteiger partial charge in [0.05, 0.1) is 18.0 Å². The Hall–Kier alpha value is -2.14. The van der Waals surface area contributed by atoms with Crippen LogP contribution in [-0.4, -0.2) is 27.7 Å². The summed E-state index contributed by atoms with van der Waals surface area (Å²) < 4.78 is 0. The molecule has 4 N–H and O–H groups in total. The summed E-state index contributed by atoms with van der Waals surface area (Å²) >= 11 is 0. The van der Waals surface area contributed by atoms with Crippen LogP contribution in [0, 0.1) is 0 Å². The molecule has 0 fully saturated rings. The van der Waals surface area contributed by atoms with E-state index in [9.17, 15) is 5.11 Å². The van der Waals surface area contributed by atoms with Crippen molar-refractivity contribution in [2.45, 2.75) is 51.5 Å². The predicted molar refractivity (Wildman–Crippen MR) is 98.7 cm³/mol. The summed E-state index contributed by atoms with van der Waals surface area (Å²) in [4.78, 5) is 8.90. The number of nitrogen functional groups attached to an aromatic ring is 1. The Kier molecular flexibility index (Phi) is 5.30. The lowest BCUT2D eigenvalue weighted by Gasteiger charge is -2.21. The van der Waals surface area contributed by atoms with Crippen LogP contribution in [0.3, 0.4) is 0 Å². The van der Waals surface area contributed by atoms with E-state index >= 15 is 0 Å². The van der Waals surface area contributed by atoms with Gasteiger partial charge in [-0.25, -0.2) is 4.98 Å². The van der Waals surface area contributed by atoms with Crippen molar-refractivity contribution < 1.29 is 5.11 Å². The van der Waals surface area contributed by atoms with Crippen LogP contribution in [0.1, 0.15) is 45.4 Å². The van der Waals surface area contributed by atoms with Gasteiger partial charge in [-0.1, -0.05) is 37.6 Å². The predicted octanol–water partition coefficient (Wildman–Crippen LogP) is 1.63. The number of nitrogens with one attached hydrogen (secondary N) is 1. The fourth-order valence-corrected chi connectivity index (χ4v) is 3.45. The molecule has 0 bridgehead atoms. The average Bonchev–Trinajstić information content (AvgIpc) is 2.61. The van der Waals surface area contributed by atoms with Crippen LogP contribution >= 0.6 is 0 Å². The third-order valence-electron chi connectivity index (χ3n) is 4.59. The van der Waals surface area contributed by atoms with E-state index in [-0.39, 0.29) is 18.6 Å². The van der Waals surface area contributed by atoms with Gasteiger partial charge >= 0.3 is 0 Å². The molecule has 1 aromatic heterocycles. The van der Waals surface area contributed by atoms with Gasteiger partial charge in [0, 0.05) is 5.22 Å². The maximum Gasteiger partial charge on any atom is 0.222 e. The van der Waals surface area contributed by atoms with Crippen LogP contribution < -0.4 is 21.6 Å². The summed E-state index contributed by atoms with van der Waals surface area (Å²) in [5.74, 6) is 1.03. The summed E-state index contributed by atoms with van der Waals surface area (Å²) in [6.45, 7) is 2.19. The maximum absolute atomic E-state index is 9.63. The van der Waals surface area contributed by atoms with Gasteiger partial charge in [-0.3, -0.25) is 0 Å². The molecule has 1 unspecified atom stereocenters. The zero-order valence-electron chi connectivity index (χ0n) is 14.3. The maximum atomic E-state index is 9.63. The first kappa shape index (κ1) is 16.7. The van der Waals surface area contributed by atoms with Crippen molar-refractivity contribution in [3.8, 4) is 0 Å². The van der Waals surface area contributed by atoms with Crippen molar-refractivity contribution in [3.63, 3.8) is 0 Å². The first-order valence-corrected chi connectivity index (χ1v) is 8.83. The minimum Gasteiger partial charge on any atom is -0.394 e. The van der Waals surface area contributed by atoms with Crippen LogP contribution in [0.2, 0.25) is 0 Å². The van der Waals surface area contributed by atoms with Crippen molar-refractivity contribution in [1.82, 2.24) is 9.97 Å². The molecule has 0 aromatic carbocycles. The molecule has 1 atom stereocenters. The molecule has 2 aliphatic rings. The summed E-state index contributed by atoms with van der Waals surface area (Å²) in [5, 5.41) is 15.0. The lowest BCUT2D eigenvalue weighted by molar-refractivity contribution is 0.268. The molecule has 0 saturated carbocycles. The molecule has 0 radical (unpaired) electrons. The van der Waals surface area contributed by atoms with E-state index in [1.165, 1.54) is 11.1 Å². The average molecular weight is 326 g/mol. The highest BCUT2D eigenvalue weighted by Gasteiger charge is 2.17. The minimum absolute atomic E-state index is 0.0168. The number of aliphatic hydroxyl groups is 1. The topological polar surface area (TPSA) is 84.1 Å². The van der Waals surface area contributed by atoms with Crippen molar-refractivity contribution >= 4 is 23.4 Å². The molecule has 0 aliphatic heterocycles. The number of allylic oxidation sites excluding steroid dienone is 4. The van der Waals surface area contributed by atoms with Gasteiger partial charge < -0.3 is 16.2 Å². The first-order chi connectivity index (χ1) is 11.7. The number of aromatic nitrogens is 2. The molecular weight excluding hydrogens is 300 g/mol. The second-order valence-electron chi connectivity index (χ2n) is 6.38. The van der Waals surface area contributed by atoms with E-state index in [0.717, 1.165) is 54.9 Å². The summed E-state index contributed by atoms with van der Waals surface area (Å²) in [6, 6.07) is -0.0168. The number of hydrogen-bond acceptors (Lipinski definition) is 5. The van der Waals surface area contributed by atoms with Crippen LogP contribution in [0.5, 0.6) is 0 Å². The van der Waals surface area contributed by atoms with Crippen molar-refractivity contribution in [2.24, 2.45) is 0 Å². The van der Waals surface area contributed by atoms with Crippen LogP contribution in [0.15, 0.2) is 23.8 Å². The largest absolute Gasteiger partial charge is 0.394 e. The number of aliphatic hydroxyl groups excluding tert-OH is 1. The number of nitrogens with two attached hydrogens (primary N) is 1. The Balaban J connectivity index is 2.15. The van der Waals surface area contributed by atoms with Gasteiger partial charge in [0.15, 0.2) is 0 Å². The highest BCUT2D eigenvalue weighted by Crippen LogP contribution is 2.26. The molecule has 5 heteroatoms. The monoisotopic (exact) mass is 326 g/mol. The molecule has 5 nitrogen and oxygen atoms in total. The second kappa shape index (κ2) is 7.62. The van der Waals surface area contributed by atoms with E-state index in [1.54, 1.807) is 0 Å². The Labute approximate surface area is 142 Å². The fraction of sp³-hybridized carbons (Fsp3) is 0.474. The molecule has 128 valence electrons. The van der Waals surface area contributed by atoms with Gasteiger partial charge in [0.1, 0.15) is 5.82 Å². The Morgan fingerprint density at radius 3 is 2.88 bits per heavy atom. The van der Waals surface area contributed by atoms with Crippen molar-refractivity contribution in [3.05, 3.63) is 34.4 Å². The smallest absolute Gasteiger partial charge is 0.222 e. The normalized spacial score (nSPS) is 17.8. The SMILES string of the molecule is CCCC(CO)Nc1nc(N)nc2c1=C(C1=CC=CCC1)CCC=2. The minimum atomic E-state index is -0.0168. The molecule has 3 rings (SSSR count). The molecule has 24 heavy (non-hydrogen) atoms. The molecule has 1 aromatic rings. The Morgan fingerprint density at radius 1 is 1.29 bits per heavy atom. The molecule has 0 amide bonds. The zero-order valence-corrected chi connectivity index (χ0v) is 14.3. The third-order valence-corrected chi connectivity index (χ3v) is 4.59. The van der Waals surface area contributed by atoms with E-state index in [1.807, 2.05) is 0 Å². The summed E-state index contributed by atoms with van der Waals surface area (Å²) in [5.41, 5.74) is 8.59. The van der Waals surface area contributed by atoms with Gasteiger partial charge in [-0.2, -0.15) is 4.98 Å². The molecule has 0 saturated heterocycles. The van der Waals surface area contributed by atoms with E-state index in [4.69, 9.17) is 5.73 Å². The third kappa shape index (κ3) is 3.51. The Morgan fingerprint density at radius 2 is 2.17 bits per heavy atom. The van der Waals surface area contributed by atoms with Crippen LogP contribution in [0.4, 0.5) is 11.8 Å². The highest BCUT2D eigenvalue weighted by atomic mass is 16.3. The Bertz CT molecular complexity index is 779. The lowest BCUT2D eigenvalue weighted by Crippen LogP contribution is -2.40. The summed E-state index contributed by atoms with van der Waals surface area (Å²) in [6.07, 6.45) is 14.6. The standard InChI is InChI=1S/C19H26N4O/c1-2-7-14(12-24)21-18-17-15(13-8-4-3-5-9-13)10-6-11-16(17)22-19(20)23-18/h3-4,8,11,14,24H,2,5-7,9-10,12H2,1H3,(H3,20,21,22,23). The van der Waals surface area contributed by atoms with E-state index < -0.39 is 0 Å². The molecule has 1 heterocycles. The van der Waals surface area contributed by atoms with Gasteiger partial charge in [-0.05, 0) is 43.3 Å². The van der Waals surface area contributed by atoms with Gasteiger partial charge in [0.2, 0.25) is 5.95 Å². The molecular formula is C19H26N4O. The number of anilines is 2. The van der Waals surface area contributed by atoms with E-state index in [2.05, 4.69) is 46.5 Å². The fourth-order valence-electron chi connectivity index (χ4n) is 3.45. The van der Waals surface area contributed by atoms with E-state index in [0.29, 0.717) is 0 Å². The molecule has 2 aliphatic carbocycles. The molecule has 0 spiro atoms. The number of fused-ring (bicyclic) bond motifs is 1. The van der Waals surface area contributed by atoms with Crippen molar-refractivity contribution in [1.29, 1.82) is 0 Å². The van der Waals surface area contributed by atoms with Crippen molar-refractivity contribution in [2.75, 3.05) is 17.7 Å². The van der Waals surface area contributed by atoms with Gasteiger partial charge in [0.25, 0.3) is 0 Å². The quantitative estimate of drug-likeness (QED) is 0.740.